The van der Waals surface area contributed by atoms with Crippen LogP contribution >= 0.6 is 11.6 Å². The summed E-state index contributed by atoms with van der Waals surface area (Å²) in [6.07, 6.45) is 2.65. The van der Waals surface area contributed by atoms with Crippen molar-refractivity contribution in [3.8, 4) is 0 Å². The summed E-state index contributed by atoms with van der Waals surface area (Å²) in [6.45, 7) is 4.60. The van der Waals surface area contributed by atoms with Crippen LogP contribution in [0.1, 0.15) is 24.6 Å². The third-order valence-corrected chi connectivity index (χ3v) is 4.07. The highest BCUT2D eigenvalue weighted by molar-refractivity contribution is 6.30. The van der Waals surface area contributed by atoms with Gasteiger partial charge in [-0.3, -0.25) is 14.1 Å². The molecular formula is C19H20ClN3O. The Morgan fingerprint density at radius 1 is 1.12 bits per heavy atom. The number of rotatable bonds is 6. The van der Waals surface area contributed by atoms with Crippen LogP contribution < -0.4 is 5.56 Å². The maximum absolute atomic E-state index is 12.3. The van der Waals surface area contributed by atoms with Crippen molar-refractivity contribution >= 4 is 17.2 Å². The summed E-state index contributed by atoms with van der Waals surface area (Å²) in [6, 6.07) is 15.5. The van der Waals surface area contributed by atoms with Gasteiger partial charge in [0.05, 0.1) is 10.7 Å². The molecule has 2 heterocycles. The lowest BCUT2D eigenvalue weighted by Gasteiger charge is -2.21. The minimum atomic E-state index is -0.103. The van der Waals surface area contributed by atoms with Gasteiger partial charge in [0.2, 0.25) is 0 Å². The maximum atomic E-state index is 12.3. The van der Waals surface area contributed by atoms with Crippen molar-refractivity contribution in [3.63, 3.8) is 0 Å². The van der Waals surface area contributed by atoms with E-state index >= 15 is 0 Å². The Hall–Kier alpha value is -2.17. The van der Waals surface area contributed by atoms with E-state index in [1.54, 1.807) is 24.4 Å². The maximum Gasteiger partial charge on any atom is 0.258 e. The molecule has 0 saturated heterocycles. The van der Waals surface area contributed by atoms with Gasteiger partial charge in [-0.15, -0.1) is 0 Å². The van der Waals surface area contributed by atoms with Crippen LogP contribution in [0.5, 0.6) is 0 Å². The standard InChI is InChI=1S/C19H20ClN3O/c1-2-10-22(12-15-6-4-3-5-7-15)14-17-11-19(24)23-13-16(20)8-9-18(23)21-17/h3-9,11,13H,2,10,12,14H2,1H3. The minimum absolute atomic E-state index is 0.103. The molecule has 0 spiro atoms. The summed E-state index contributed by atoms with van der Waals surface area (Å²) < 4.78 is 1.48. The van der Waals surface area contributed by atoms with Gasteiger partial charge in [0.15, 0.2) is 0 Å². The molecule has 0 aliphatic heterocycles. The largest absolute Gasteiger partial charge is 0.293 e. The minimum Gasteiger partial charge on any atom is -0.293 e. The van der Waals surface area contributed by atoms with Crippen LogP contribution in [0.15, 0.2) is 59.5 Å². The van der Waals surface area contributed by atoms with Gasteiger partial charge in [0, 0.05) is 25.4 Å². The Morgan fingerprint density at radius 2 is 1.92 bits per heavy atom. The normalized spacial score (nSPS) is 11.3. The van der Waals surface area contributed by atoms with Gasteiger partial charge >= 0.3 is 0 Å². The number of halogens is 1. The van der Waals surface area contributed by atoms with E-state index in [0.29, 0.717) is 17.2 Å². The molecule has 0 fully saturated rings. The van der Waals surface area contributed by atoms with E-state index in [0.717, 1.165) is 25.2 Å². The van der Waals surface area contributed by atoms with E-state index in [1.165, 1.54) is 9.96 Å². The predicted molar refractivity (Wildman–Crippen MR) is 97.3 cm³/mol. The molecule has 3 rings (SSSR count). The lowest BCUT2D eigenvalue weighted by atomic mass is 10.2. The summed E-state index contributed by atoms with van der Waals surface area (Å²) in [5.74, 6) is 0. The van der Waals surface area contributed by atoms with E-state index < -0.39 is 0 Å². The average Bonchev–Trinajstić information content (AvgIpc) is 2.57. The van der Waals surface area contributed by atoms with Crippen molar-refractivity contribution in [3.05, 3.63) is 81.4 Å². The predicted octanol–water partition coefficient (Wildman–Crippen LogP) is 3.76. The van der Waals surface area contributed by atoms with Gasteiger partial charge in [-0.05, 0) is 30.7 Å². The number of aromatic nitrogens is 2. The van der Waals surface area contributed by atoms with Gasteiger partial charge in [-0.25, -0.2) is 4.98 Å². The molecule has 2 aromatic heterocycles. The van der Waals surface area contributed by atoms with Crippen LogP contribution in [0.4, 0.5) is 0 Å². The highest BCUT2D eigenvalue weighted by Crippen LogP contribution is 2.11. The van der Waals surface area contributed by atoms with E-state index in [1.807, 2.05) is 18.2 Å². The van der Waals surface area contributed by atoms with Gasteiger partial charge in [-0.1, -0.05) is 48.9 Å². The van der Waals surface area contributed by atoms with Crippen LogP contribution in [0, 0.1) is 0 Å². The summed E-state index contributed by atoms with van der Waals surface area (Å²) in [5.41, 5.74) is 2.56. The molecule has 0 aliphatic rings. The van der Waals surface area contributed by atoms with Crippen LogP contribution in [0.25, 0.3) is 5.65 Å². The van der Waals surface area contributed by atoms with Crippen LogP contribution in [0.3, 0.4) is 0 Å². The lowest BCUT2D eigenvalue weighted by molar-refractivity contribution is 0.254. The van der Waals surface area contributed by atoms with Crippen molar-refractivity contribution in [2.24, 2.45) is 0 Å². The van der Waals surface area contributed by atoms with Crippen molar-refractivity contribution in [1.82, 2.24) is 14.3 Å². The molecule has 0 amide bonds. The van der Waals surface area contributed by atoms with Gasteiger partial charge in [-0.2, -0.15) is 0 Å². The van der Waals surface area contributed by atoms with E-state index in [4.69, 9.17) is 11.6 Å². The Balaban J connectivity index is 1.85. The zero-order valence-corrected chi connectivity index (χ0v) is 14.4. The topological polar surface area (TPSA) is 37.6 Å². The molecule has 0 N–H and O–H groups in total. The van der Waals surface area contributed by atoms with Crippen LogP contribution in [0.2, 0.25) is 5.02 Å². The number of hydrogen-bond acceptors (Lipinski definition) is 3. The molecule has 5 heteroatoms. The fourth-order valence-corrected chi connectivity index (χ4v) is 2.97. The molecule has 24 heavy (non-hydrogen) atoms. The molecule has 124 valence electrons. The molecule has 1 aromatic carbocycles. The number of nitrogens with zero attached hydrogens (tertiary/aromatic N) is 3. The number of hydrogen-bond donors (Lipinski definition) is 0. The van der Waals surface area contributed by atoms with Gasteiger partial charge in [0.25, 0.3) is 5.56 Å². The van der Waals surface area contributed by atoms with Crippen LogP contribution in [-0.2, 0) is 13.1 Å². The van der Waals surface area contributed by atoms with E-state index in [2.05, 4.69) is 28.9 Å². The molecule has 0 saturated carbocycles. The number of fused-ring (bicyclic) bond motifs is 1. The Labute approximate surface area is 146 Å². The Kier molecular flexibility index (Phi) is 5.28. The van der Waals surface area contributed by atoms with E-state index in [-0.39, 0.29) is 5.56 Å². The molecule has 0 aliphatic carbocycles. The second kappa shape index (κ2) is 7.60. The van der Waals surface area contributed by atoms with Crippen LogP contribution in [-0.4, -0.2) is 20.8 Å². The van der Waals surface area contributed by atoms with Crippen molar-refractivity contribution in [1.29, 1.82) is 0 Å². The van der Waals surface area contributed by atoms with Gasteiger partial charge in [0.1, 0.15) is 5.65 Å². The summed E-state index contributed by atoms with van der Waals surface area (Å²) >= 11 is 5.95. The van der Waals surface area contributed by atoms with Crippen molar-refractivity contribution < 1.29 is 0 Å². The lowest BCUT2D eigenvalue weighted by Crippen LogP contribution is -2.26. The first-order chi connectivity index (χ1) is 11.7. The molecule has 0 bridgehead atoms. The van der Waals surface area contributed by atoms with Gasteiger partial charge < -0.3 is 0 Å². The van der Waals surface area contributed by atoms with E-state index in [9.17, 15) is 4.79 Å². The molecule has 0 unspecified atom stereocenters. The number of pyridine rings is 1. The van der Waals surface area contributed by atoms with Crippen molar-refractivity contribution in [2.45, 2.75) is 26.4 Å². The fraction of sp³-hybridized carbons (Fsp3) is 0.263. The second-order valence-electron chi connectivity index (χ2n) is 5.86. The molecule has 0 radical (unpaired) electrons. The van der Waals surface area contributed by atoms with Crippen molar-refractivity contribution in [2.75, 3.05) is 6.54 Å². The first-order valence-corrected chi connectivity index (χ1v) is 8.47. The monoisotopic (exact) mass is 341 g/mol. The highest BCUT2D eigenvalue weighted by atomic mass is 35.5. The zero-order valence-electron chi connectivity index (χ0n) is 13.7. The second-order valence-corrected chi connectivity index (χ2v) is 6.29. The molecular weight excluding hydrogens is 322 g/mol. The average molecular weight is 342 g/mol. The molecule has 4 nitrogen and oxygen atoms in total. The molecule has 0 atom stereocenters. The number of benzene rings is 1. The molecule has 3 aromatic rings. The quantitative estimate of drug-likeness (QED) is 0.685. The summed E-state index contributed by atoms with van der Waals surface area (Å²) in [4.78, 5) is 19.2. The summed E-state index contributed by atoms with van der Waals surface area (Å²) in [5, 5.41) is 0.524. The summed E-state index contributed by atoms with van der Waals surface area (Å²) in [7, 11) is 0. The first kappa shape index (κ1) is 16.7. The zero-order chi connectivity index (χ0) is 16.9. The Morgan fingerprint density at radius 3 is 2.67 bits per heavy atom. The Bertz CT molecular complexity index is 877. The SMILES string of the molecule is CCCN(Cc1ccccc1)Cc1cc(=O)n2cc(Cl)ccc2n1. The first-order valence-electron chi connectivity index (χ1n) is 8.10. The highest BCUT2D eigenvalue weighted by Gasteiger charge is 2.09. The smallest absolute Gasteiger partial charge is 0.258 e. The third kappa shape index (κ3) is 4.02. The fourth-order valence-electron chi connectivity index (χ4n) is 2.81. The third-order valence-electron chi connectivity index (χ3n) is 3.85.